The number of hydrazine groups is 1. The summed E-state index contributed by atoms with van der Waals surface area (Å²) in [5, 5.41) is 1.97. The van der Waals surface area contributed by atoms with Crippen molar-refractivity contribution in [3.8, 4) is 0 Å². The number of hydrogen-bond donors (Lipinski definition) is 3. The molecule has 0 aliphatic heterocycles. The molecule has 3 aromatic rings. The van der Waals surface area contributed by atoms with Crippen molar-refractivity contribution in [2.45, 2.75) is 5.03 Å². The number of sulfonamides is 1. The van der Waals surface area contributed by atoms with Crippen molar-refractivity contribution in [1.82, 2.24) is 9.38 Å². The lowest BCUT2D eigenvalue weighted by Gasteiger charge is -2.09. The molecule has 21 heavy (non-hydrogen) atoms. The van der Waals surface area contributed by atoms with Crippen LogP contribution in [0.5, 0.6) is 0 Å². The number of hydrogen-bond acceptors (Lipinski definition) is 6. The number of halogens is 1. The van der Waals surface area contributed by atoms with Gasteiger partial charge in [-0.2, -0.15) is 13.4 Å². The SMILES string of the molecule is NNc1nc2sccn2c1S(=O)(=O)Nc1ccccc1Cl. The molecule has 4 N–H and O–H groups in total. The van der Waals surface area contributed by atoms with Gasteiger partial charge in [-0.05, 0) is 12.1 Å². The van der Waals surface area contributed by atoms with Crippen molar-refractivity contribution in [1.29, 1.82) is 0 Å². The Morgan fingerprint density at radius 1 is 1.33 bits per heavy atom. The van der Waals surface area contributed by atoms with Crippen LogP contribution in [-0.4, -0.2) is 17.8 Å². The Balaban J connectivity index is 2.12. The number of nitrogens with one attached hydrogen (secondary N) is 2. The molecule has 0 aliphatic carbocycles. The molecule has 7 nitrogen and oxygen atoms in total. The molecule has 0 bridgehead atoms. The first-order valence-corrected chi connectivity index (χ1v) is 8.46. The van der Waals surface area contributed by atoms with Crippen LogP contribution in [0.1, 0.15) is 0 Å². The standard InChI is InChI=1S/C11H10ClN5O2S2/c12-7-3-1-2-4-8(7)16-21(18,19)10-9(15-13)14-11-17(10)5-6-20-11/h1-6,15-16H,13H2. The fourth-order valence-electron chi connectivity index (χ4n) is 1.85. The number of nitrogens with zero attached hydrogens (tertiary/aromatic N) is 2. The molecule has 0 saturated carbocycles. The molecule has 0 aliphatic rings. The number of aromatic nitrogens is 2. The predicted octanol–water partition coefficient (Wildman–Crippen LogP) is 2.14. The van der Waals surface area contributed by atoms with E-state index in [4.69, 9.17) is 17.4 Å². The first-order valence-electron chi connectivity index (χ1n) is 5.72. The van der Waals surface area contributed by atoms with E-state index in [9.17, 15) is 8.42 Å². The Bertz CT molecular complexity index is 902. The minimum Gasteiger partial charge on any atom is -0.306 e. The number of rotatable bonds is 4. The first-order chi connectivity index (χ1) is 10.0. The van der Waals surface area contributed by atoms with Crippen molar-refractivity contribution in [3.05, 3.63) is 40.9 Å². The van der Waals surface area contributed by atoms with Gasteiger partial charge in [0.15, 0.2) is 10.8 Å². The zero-order valence-electron chi connectivity index (χ0n) is 10.4. The molecule has 2 aromatic heterocycles. The van der Waals surface area contributed by atoms with Crippen LogP contribution in [0.4, 0.5) is 11.5 Å². The van der Waals surface area contributed by atoms with Crippen LogP contribution in [0.2, 0.25) is 5.02 Å². The lowest BCUT2D eigenvalue weighted by Crippen LogP contribution is -2.18. The Hall–Kier alpha value is -1.81. The van der Waals surface area contributed by atoms with Crippen molar-refractivity contribution in [2.24, 2.45) is 5.84 Å². The summed E-state index contributed by atoms with van der Waals surface area (Å²) in [5.74, 6) is 5.42. The summed E-state index contributed by atoms with van der Waals surface area (Å²) in [7, 11) is -3.90. The molecular weight excluding hydrogens is 334 g/mol. The number of nitrogen functional groups attached to an aromatic ring is 1. The maximum Gasteiger partial charge on any atom is 0.281 e. The molecule has 0 amide bonds. The maximum absolute atomic E-state index is 12.6. The average molecular weight is 344 g/mol. The van der Waals surface area contributed by atoms with Crippen LogP contribution in [0, 0.1) is 0 Å². The Kier molecular flexibility index (Phi) is 3.49. The maximum atomic E-state index is 12.6. The van der Waals surface area contributed by atoms with Crippen LogP contribution in [-0.2, 0) is 10.0 Å². The second kappa shape index (κ2) is 5.19. The minimum atomic E-state index is -3.90. The summed E-state index contributed by atoms with van der Waals surface area (Å²) in [6.45, 7) is 0. The number of benzene rings is 1. The highest BCUT2D eigenvalue weighted by molar-refractivity contribution is 7.92. The molecule has 0 radical (unpaired) electrons. The van der Waals surface area contributed by atoms with Crippen LogP contribution in [0.15, 0.2) is 40.9 Å². The molecule has 0 atom stereocenters. The summed E-state index contributed by atoms with van der Waals surface area (Å²) >= 11 is 7.28. The van der Waals surface area contributed by atoms with E-state index in [0.717, 1.165) is 0 Å². The van der Waals surface area contributed by atoms with Gasteiger partial charge in [0.05, 0.1) is 10.7 Å². The van der Waals surface area contributed by atoms with Crippen LogP contribution in [0.3, 0.4) is 0 Å². The average Bonchev–Trinajstić information content (AvgIpc) is 3.00. The smallest absolute Gasteiger partial charge is 0.281 e. The minimum absolute atomic E-state index is 0.0684. The van der Waals surface area contributed by atoms with E-state index in [-0.39, 0.29) is 16.5 Å². The molecule has 1 aromatic carbocycles. The van der Waals surface area contributed by atoms with Crippen LogP contribution in [0.25, 0.3) is 4.96 Å². The van der Waals surface area contributed by atoms with Gasteiger partial charge < -0.3 is 5.43 Å². The molecule has 3 rings (SSSR count). The van der Waals surface area contributed by atoms with Crippen LogP contribution < -0.4 is 16.0 Å². The first kappa shape index (κ1) is 14.1. The summed E-state index contributed by atoms with van der Waals surface area (Å²) in [6.07, 6.45) is 1.61. The molecule has 110 valence electrons. The van der Waals surface area contributed by atoms with E-state index in [2.05, 4.69) is 15.1 Å². The molecule has 2 heterocycles. The fourth-order valence-corrected chi connectivity index (χ4v) is 4.19. The highest BCUT2D eigenvalue weighted by Gasteiger charge is 2.26. The largest absolute Gasteiger partial charge is 0.306 e. The number of anilines is 2. The Morgan fingerprint density at radius 2 is 2.10 bits per heavy atom. The second-order valence-electron chi connectivity index (χ2n) is 4.05. The molecule has 0 saturated heterocycles. The summed E-state index contributed by atoms with van der Waals surface area (Å²) in [6, 6.07) is 6.56. The summed E-state index contributed by atoms with van der Waals surface area (Å²) in [5.41, 5.74) is 2.58. The highest BCUT2D eigenvalue weighted by atomic mass is 35.5. The van der Waals surface area contributed by atoms with Gasteiger partial charge in [0.1, 0.15) is 0 Å². The zero-order valence-corrected chi connectivity index (χ0v) is 12.8. The Labute approximate surface area is 129 Å². The molecule has 0 unspecified atom stereocenters. The fraction of sp³-hybridized carbons (Fsp3) is 0. The van der Waals surface area contributed by atoms with Crippen molar-refractivity contribution in [3.63, 3.8) is 0 Å². The van der Waals surface area contributed by atoms with Crippen molar-refractivity contribution in [2.75, 3.05) is 10.1 Å². The zero-order chi connectivity index (χ0) is 15.0. The van der Waals surface area contributed by atoms with Gasteiger partial charge in [-0.25, -0.2) is 5.84 Å². The van der Waals surface area contributed by atoms with E-state index in [0.29, 0.717) is 9.98 Å². The monoisotopic (exact) mass is 343 g/mol. The van der Waals surface area contributed by atoms with E-state index < -0.39 is 10.0 Å². The topological polar surface area (TPSA) is 102 Å². The number of imidazole rings is 1. The molecule has 0 fully saturated rings. The number of para-hydroxylation sites is 1. The lowest BCUT2D eigenvalue weighted by atomic mass is 10.3. The predicted molar refractivity (Wildman–Crippen MR) is 83.1 cm³/mol. The third-order valence-electron chi connectivity index (χ3n) is 2.73. The van der Waals surface area contributed by atoms with Gasteiger partial charge in [-0.1, -0.05) is 23.7 Å². The second-order valence-corrected chi connectivity index (χ2v) is 6.93. The Morgan fingerprint density at radius 3 is 2.81 bits per heavy atom. The third-order valence-corrected chi connectivity index (χ3v) is 5.20. The lowest BCUT2D eigenvalue weighted by molar-refractivity contribution is 0.597. The van der Waals surface area contributed by atoms with Gasteiger partial charge in [0.2, 0.25) is 5.03 Å². The summed E-state index contributed by atoms with van der Waals surface area (Å²) < 4.78 is 29.0. The number of fused-ring (bicyclic) bond motifs is 1. The molecule has 10 heteroatoms. The number of thiazole rings is 1. The van der Waals surface area contributed by atoms with Gasteiger partial charge >= 0.3 is 0 Å². The van der Waals surface area contributed by atoms with E-state index in [1.54, 1.807) is 35.8 Å². The van der Waals surface area contributed by atoms with Gasteiger partial charge in [-0.15, -0.1) is 11.3 Å². The molecular formula is C11H10ClN5O2S2. The van der Waals surface area contributed by atoms with E-state index in [1.165, 1.54) is 15.7 Å². The van der Waals surface area contributed by atoms with Gasteiger partial charge in [-0.3, -0.25) is 9.12 Å². The third kappa shape index (κ3) is 2.44. The summed E-state index contributed by atoms with van der Waals surface area (Å²) in [4.78, 5) is 4.63. The highest BCUT2D eigenvalue weighted by Crippen LogP contribution is 2.29. The molecule has 0 spiro atoms. The number of nitrogens with two attached hydrogens (primary N) is 1. The van der Waals surface area contributed by atoms with Crippen molar-refractivity contribution >= 4 is 49.4 Å². The van der Waals surface area contributed by atoms with Crippen molar-refractivity contribution < 1.29 is 8.42 Å². The van der Waals surface area contributed by atoms with E-state index in [1.807, 2.05) is 0 Å². The van der Waals surface area contributed by atoms with Gasteiger partial charge in [0, 0.05) is 11.6 Å². The van der Waals surface area contributed by atoms with E-state index >= 15 is 0 Å². The van der Waals surface area contributed by atoms with Crippen LogP contribution >= 0.6 is 22.9 Å². The quantitative estimate of drug-likeness (QED) is 0.497. The van der Waals surface area contributed by atoms with Gasteiger partial charge in [0.25, 0.3) is 10.0 Å². The normalized spacial score (nSPS) is 11.7.